The van der Waals surface area contributed by atoms with Crippen LogP contribution in [0.3, 0.4) is 0 Å². The number of nitrogens with one attached hydrogen (secondary N) is 1. The first kappa shape index (κ1) is 27.3. The van der Waals surface area contributed by atoms with Crippen LogP contribution in [0.2, 0.25) is 0 Å². The van der Waals surface area contributed by atoms with E-state index in [1.165, 1.54) is 6.92 Å². The lowest BCUT2D eigenvalue weighted by Crippen LogP contribution is -2.49. The molecule has 0 aliphatic carbocycles. The van der Waals surface area contributed by atoms with E-state index in [1.807, 2.05) is 65.7 Å². The van der Waals surface area contributed by atoms with E-state index < -0.39 is 29.4 Å². The van der Waals surface area contributed by atoms with E-state index in [0.29, 0.717) is 33.9 Å². The molecule has 4 atom stereocenters. The van der Waals surface area contributed by atoms with Crippen LogP contribution in [0.1, 0.15) is 50.4 Å². The summed E-state index contributed by atoms with van der Waals surface area (Å²) >= 11 is 0. The average molecular weight is 585 g/mol. The molecule has 0 bridgehead atoms. The summed E-state index contributed by atoms with van der Waals surface area (Å²) < 4.78 is 10.5. The summed E-state index contributed by atoms with van der Waals surface area (Å²) in [6, 6.07) is 26.5. The lowest BCUT2D eigenvalue weighted by Gasteiger charge is -2.38. The molecule has 1 saturated heterocycles. The van der Waals surface area contributed by atoms with E-state index in [1.54, 1.807) is 55.6 Å². The maximum absolute atomic E-state index is 14.9. The molecule has 1 amide bonds. The molecule has 1 N–H and O–H groups in total. The number of Topliss-reactive ketones (excluding diaryl/α,β-unsaturated/α-hetero) is 2. The van der Waals surface area contributed by atoms with Crippen molar-refractivity contribution in [3.8, 4) is 11.5 Å². The van der Waals surface area contributed by atoms with Gasteiger partial charge in [0, 0.05) is 29.9 Å². The Kier molecular flexibility index (Phi) is 6.43. The van der Waals surface area contributed by atoms with Gasteiger partial charge >= 0.3 is 5.97 Å². The van der Waals surface area contributed by atoms with Gasteiger partial charge in [0.1, 0.15) is 23.0 Å². The topological polar surface area (TPSA) is 102 Å². The highest BCUT2D eigenvalue weighted by Gasteiger charge is 2.70. The number of methoxy groups -OCH3 is 1. The number of carbonyl (C=O) groups excluding carboxylic acids is 4. The van der Waals surface area contributed by atoms with Crippen LogP contribution in [0, 0.1) is 5.92 Å². The van der Waals surface area contributed by atoms with E-state index in [9.17, 15) is 19.2 Å². The SMILES string of the molecule is COc1ccc(C(=O)[C@@H]2[C@H](C(=O)c3ccc(OC(C)=O)cc3)N3C=Cc4ccccc4[C@H]3[C@]23C(=O)Nc2ccccc23)cc1. The Morgan fingerprint density at radius 1 is 0.795 bits per heavy atom. The number of carbonyl (C=O) groups is 4. The number of nitrogens with zero attached hydrogens (tertiary/aromatic N) is 1. The third-order valence-corrected chi connectivity index (χ3v) is 8.90. The van der Waals surface area contributed by atoms with E-state index >= 15 is 0 Å². The zero-order chi connectivity index (χ0) is 30.6. The van der Waals surface area contributed by atoms with E-state index in [2.05, 4.69) is 5.32 Å². The number of benzene rings is 4. The van der Waals surface area contributed by atoms with Crippen LogP contribution in [0.25, 0.3) is 6.08 Å². The maximum Gasteiger partial charge on any atom is 0.308 e. The van der Waals surface area contributed by atoms with E-state index in [4.69, 9.17) is 9.47 Å². The van der Waals surface area contributed by atoms with Gasteiger partial charge in [0.15, 0.2) is 11.6 Å². The Hall–Kier alpha value is -5.50. The molecule has 3 aliphatic heterocycles. The van der Waals surface area contributed by atoms with Gasteiger partial charge < -0.3 is 19.7 Å². The number of esters is 1. The van der Waals surface area contributed by atoms with Crippen LogP contribution in [0.5, 0.6) is 11.5 Å². The quantitative estimate of drug-likeness (QED) is 0.179. The molecular weight excluding hydrogens is 556 g/mol. The van der Waals surface area contributed by atoms with Crippen LogP contribution < -0.4 is 14.8 Å². The van der Waals surface area contributed by atoms with Gasteiger partial charge in [-0.25, -0.2) is 0 Å². The van der Waals surface area contributed by atoms with Crippen molar-refractivity contribution in [1.82, 2.24) is 4.90 Å². The van der Waals surface area contributed by atoms with Crippen molar-refractivity contribution in [2.45, 2.75) is 24.4 Å². The molecule has 0 aromatic heterocycles. The average Bonchev–Trinajstić information content (AvgIpc) is 3.52. The summed E-state index contributed by atoms with van der Waals surface area (Å²) in [5.41, 5.74) is 2.34. The molecule has 0 saturated carbocycles. The lowest BCUT2D eigenvalue weighted by molar-refractivity contribution is -0.131. The van der Waals surface area contributed by atoms with Crippen molar-refractivity contribution in [2.75, 3.05) is 12.4 Å². The third-order valence-electron chi connectivity index (χ3n) is 8.90. The van der Waals surface area contributed by atoms with Gasteiger partial charge in [-0.3, -0.25) is 19.2 Å². The number of fused-ring (bicyclic) bond motifs is 6. The van der Waals surface area contributed by atoms with Crippen LogP contribution >= 0.6 is 0 Å². The molecule has 8 nitrogen and oxygen atoms in total. The number of hydrogen-bond acceptors (Lipinski definition) is 7. The number of ketones is 2. The second-order valence-electron chi connectivity index (χ2n) is 11.2. The Balaban J connectivity index is 1.47. The van der Waals surface area contributed by atoms with Gasteiger partial charge in [0.25, 0.3) is 0 Å². The van der Waals surface area contributed by atoms with Crippen LogP contribution in [0.15, 0.2) is 103 Å². The predicted molar refractivity (Wildman–Crippen MR) is 163 cm³/mol. The first-order valence-corrected chi connectivity index (χ1v) is 14.3. The minimum absolute atomic E-state index is 0.302. The van der Waals surface area contributed by atoms with Gasteiger partial charge in [-0.1, -0.05) is 42.5 Å². The molecule has 3 aliphatic rings. The first-order chi connectivity index (χ1) is 21.3. The van der Waals surface area contributed by atoms with E-state index in [0.717, 1.165) is 11.1 Å². The summed E-state index contributed by atoms with van der Waals surface area (Å²) in [5, 5.41) is 3.05. The molecule has 8 heteroatoms. The summed E-state index contributed by atoms with van der Waals surface area (Å²) in [6.07, 6.45) is 3.75. The Bertz CT molecular complexity index is 1860. The fourth-order valence-corrected chi connectivity index (χ4v) is 7.13. The van der Waals surface area contributed by atoms with Crippen molar-refractivity contribution < 1.29 is 28.7 Å². The molecule has 1 spiro atoms. The van der Waals surface area contributed by atoms with Gasteiger partial charge in [0.2, 0.25) is 5.91 Å². The highest BCUT2D eigenvalue weighted by molar-refractivity contribution is 6.16. The van der Waals surface area contributed by atoms with Gasteiger partial charge in [-0.2, -0.15) is 0 Å². The molecular formula is C36H28N2O6. The second-order valence-corrected chi connectivity index (χ2v) is 11.2. The molecule has 0 unspecified atom stereocenters. The molecule has 1 fully saturated rings. The highest BCUT2D eigenvalue weighted by atomic mass is 16.5. The fourth-order valence-electron chi connectivity index (χ4n) is 7.13. The minimum atomic E-state index is -1.42. The number of para-hydroxylation sites is 1. The van der Waals surface area contributed by atoms with Crippen molar-refractivity contribution in [3.05, 3.63) is 131 Å². The molecule has 218 valence electrons. The van der Waals surface area contributed by atoms with Crippen LogP contribution in [0.4, 0.5) is 5.69 Å². The first-order valence-electron chi connectivity index (χ1n) is 14.3. The summed E-state index contributed by atoms with van der Waals surface area (Å²) in [7, 11) is 1.55. The van der Waals surface area contributed by atoms with Crippen molar-refractivity contribution >= 4 is 35.2 Å². The second kappa shape index (κ2) is 10.3. The zero-order valence-electron chi connectivity index (χ0n) is 24.0. The standard InChI is InChI=1S/C36H28N2O6/c1-21(39)44-26-17-13-24(14-18-26)33(41)31-30(32(40)23-11-15-25(43-2)16-12-23)36(28-9-5-6-10-29(28)37-35(36)42)34-27-8-4-3-7-22(27)19-20-38(31)34/h3-20,30-31,34H,1-2H3,(H,37,42)/t30-,31+,34-,36+/m0/s1. The normalized spacial score (nSPS) is 22.5. The fraction of sp³-hybridized carbons (Fsp3) is 0.167. The number of amides is 1. The smallest absolute Gasteiger partial charge is 0.308 e. The predicted octanol–water partition coefficient (Wildman–Crippen LogP) is 5.60. The van der Waals surface area contributed by atoms with Gasteiger partial charge in [-0.15, -0.1) is 0 Å². The highest BCUT2D eigenvalue weighted by Crippen LogP contribution is 2.62. The summed E-state index contributed by atoms with van der Waals surface area (Å²) in [4.78, 5) is 57.4. The number of ether oxygens (including phenoxy) is 2. The molecule has 4 aromatic carbocycles. The Labute approximate surface area is 253 Å². The molecule has 3 heterocycles. The third kappa shape index (κ3) is 3.98. The van der Waals surface area contributed by atoms with Crippen molar-refractivity contribution in [2.24, 2.45) is 5.92 Å². The minimum Gasteiger partial charge on any atom is -0.497 e. The van der Waals surface area contributed by atoms with Crippen LogP contribution in [-0.2, 0) is 15.0 Å². The monoisotopic (exact) mass is 584 g/mol. The maximum atomic E-state index is 14.9. The molecule has 4 aromatic rings. The number of rotatable bonds is 6. The van der Waals surface area contributed by atoms with Crippen LogP contribution in [-0.4, -0.2) is 41.5 Å². The largest absolute Gasteiger partial charge is 0.497 e. The zero-order valence-corrected chi connectivity index (χ0v) is 24.0. The van der Waals surface area contributed by atoms with Crippen molar-refractivity contribution in [3.63, 3.8) is 0 Å². The summed E-state index contributed by atoms with van der Waals surface area (Å²) in [5.74, 6) is -1.66. The van der Waals surface area contributed by atoms with Crippen molar-refractivity contribution in [1.29, 1.82) is 0 Å². The lowest BCUT2D eigenvalue weighted by atomic mass is 9.62. The number of anilines is 1. The number of hydrogen-bond donors (Lipinski definition) is 1. The van der Waals surface area contributed by atoms with Gasteiger partial charge in [0.05, 0.1) is 19.1 Å². The summed E-state index contributed by atoms with van der Waals surface area (Å²) in [6.45, 7) is 1.30. The molecule has 44 heavy (non-hydrogen) atoms. The van der Waals surface area contributed by atoms with E-state index in [-0.39, 0.29) is 17.5 Å². The Morgan fingerprint density at radius 2 is 1.43 bits per heavy atom. The molecule has 7 rings (SSSR count). The Morgan fingerprint density at radius 3 is 2.14 bits per heavy atom. The van der Waals surface area contributed by atoms with Gasteiger partial charge in [-0.05, 0) is 77.4 Å². The molecule has 0 radical (unpaired) electrons.